The summed E-state index contributed by atoms with van der Waals surface area (Å²) in [7, 11) is -1.64. The maximum absolute atomic E-state index is 12.6. The van der Waals surface area contributed by atoms with Crippen LogP contribution < -0.4 is 18.9 Å². The number of rotatable bonds is 6. The molecule has 6 nitrogen and oxygen atoms in total. The van der Waals surface area contributed by atoms with Crippen molar-refractivity contribution in [2.75, 3.05) is 26.3 Å². The van der Waals surface area contributed by atoms with Crippen molar-refractivity contribution in [3.8, 4) is 17.2 Å². The van der Waals surface area contributed by atoms with E-state index in [0.717, 1.165) is 42.6 Å². The van der Waals surface area contributed by atoms with Crippen molar-refractivity contribution in [1.29, 1.82) is 0 Å². The first-order valence-electron chi connectivity index (χ1n) is 9.50. The molecule has 2 aliphatic heterocycles. The molecule has 1 N–H and O–H groups in total. The first-order valence-corrected chi connectivity index (χ1v) is 10.7. The molecule has 1 fully saturated rings. The molecule has 0 aliphatic carbocycles. The van der Waals surface area contributed by atoms with Gasteiger partial charge in [0.1, 0.15) is 29.9 Å². The molecule has 2 aliphatic rings. The maximum Gasteiger partial charge on any atom is 0.573 e. The van der Waals surface area contributed by atoms with E-state index in [1.165, 1.54) is 18.2 Å². The molecule has 0 amide bonds. The predicted octanol–water partition coefficient (Wildman–Crippen LogP) is 3.24. The normalized spacial score (nSPS) is 20.2. The molecule has 30 heavy (non-hydrogen) atoms. The van der Waals surface area contributed by atoms with Crippen LogP contribution in [0.3, 0.4) is 0 Å². The lowest BCUT2D eigenvalue weighted by Crippen LogP contribution is -2.33. The van der Waals surface area contributed by atoms with Gasteiger partial charge in [0.15, 0.2) is 11.5 Å². The quantitative estimate of drug-likeness (QED) is 0.745. The highest BCUT2D eigenvalue weighted by molar-refractivity contribution is 7.83. The van der Waals surface area contributed by atoms with Gasteiger partial charge in [-0.05, 0) is 42.3 Å². The van der Waals surface area contributed by atoms with Crippen LogP contribution in [0.2, 0.25) is 0 Å². The molecule has 1 saturated heterocycles. The van der Waals surface area contributed by atoms with Gasteiger partial charge in [0.05, 0.1) is 4.90 Å². The highest BCUT2D eigenvalue weighted by Crippen LogP contribution is 2.31. The minimum Gasteiger partial charge on any atom is -0.486 e. The van der Waals surface area contributed by atoms with E-state index in [-0.39, 0.29) is 16.7 Å². The van der Waals surface area contributed by atoms with Crippen LogP contribution >= 0.6 is 0 Å². The zero-order valence-corrected chi connectivity index (χ0v) is 16.8. The van der Waals surface area contributed by atoms with Crippen molar-refractivity contribution in [3.05, 3.63) is 48.0 Å². The third-order valence-electron chi connectivity index (χ3n) is 4.81. The van der Waals surface area contributed by atoms with Gasteiger partial charge in [-0.25, -0.2) is 8.93 Å². The Morgan fingerprint density at radius 1 is 1.13 bits per heavy atom. The van der Waals surface area contributed by atoms with Gasteiger partial charge in [-0.15, -0.1) is 13.2 Å². The summed E-state index contributed by atoms with van der Waals surface area (Å²) >= 11 is 0. The number of benzene rings is 2. The number of hydrogen-bond acceptors (Lipinski definition) is 5. The van der Waals surface area contributed by atoms with Crippen LogP contribution in [0.1, 0.15) is 12.0 Å². The molecule has 0 spiro atoms. The van der Waals surface area contributed by atoms with E-state index in [1.54, 1.807) is 0 Å². The van der Waals surface area contributed by atoms with E-state index < -0.39 is 17.3 Å². The summed E-state index contributed by atoms with van der Waals surface area (Å²) in [5, 5.41) is 0. The zero-order valence-electron chi connectivity index (χ0n) is 16.0. The maximum atomic E-state index is 12.6. The average molecular weight is 442 g/mol. The van der Waals surface area contributed by atoms with Crippen LogP contribution in [0, 0.1) is 0 Å². The molecule has 2 aromatic rings. The number of nitrogens with one attached hydrogen (secondary N) is 1. The molecule has 2 heterocycles. The molecule has 10 heteroatoms. The van der Waals surface area contributed by atoms with E-state index in [0.29, 0.717) is 19.8 Å². The standard InChI is InChI=1S/C20H21F3N2O4S/c21-20(22,23)29-16-2-1-3-17(11-16)30(26)24-15-6-7-25(13-15)12-14-4-5-18-19(10-14)28-9-8-27-18/h1-5,10-11,15,24H,6-9,12-13H2. The fourth-order valence-electron chi connectivity index (χ4n) is 3.52. The molecule has 0 aromatic heterocycles. The minimum absolute atomic E-state index is 0.0322. The van der Waals surface area contributed by atoms with E-state index in [9.17, 15) is 17.4 Å². The Morgan fingerprint density at radius 2 is 1.93 bits per heavy atom. The Hall–Kier alpha value is -2.30. The molecular formula is C20H21F3N2O4S. The number of alkyl halides is 3. The summed E-state index contributed by atoms with van der Waals surface area (Å²) in [6.45, 7) is 3.30. The first kappa shape index (κ1) is 21.0. The summed E-state index contributed by atoms with van der Waals surface area (Å²) in [6.07, 6.45) is -4.00. The van der Waals surface area contributed by atoms with Crippen molar-refractivity contribution in [1.82, 2.24) is 9.62 Å². The molecular weight excluding hydrogens is 421 g/mol. The van der Waals surface area contributed by atoms with Gasteiger partial charge in [-0.3, -0.25) is 4.90 Å². The fourth-order valence-corrected chi connectivity index (χ4v) is 4.58. The Morgan fingerprint density at radius 3 is 2.73 bits per heavy atom. The van der Waals surface area contributed by atoms with Gasteiger partial charge >= 0.3 is 6.36 Å². The predicted molar refractivity (Wildman–Crippen MR) is 104 cm³/mol. The first-order chi connectivity index (χ1) is 14.4. The molecule has 0 radical (unpaired) electrons. The van der Waals surface area contributed by atoms with Crippen LogP contribution in [0.25, 0.3) is 0 Å². The van der Waals surface area contributed by atoms with Crippen molar-refractivity contribution in [3.63, 3.8) is 0 Å². The highest BCUT2D eigenvalue weighted by atomic mass is 32.2. The second-order valence-electron chi connectivity index (χ2n) is 7.11. The van der Waals surface area contributed by atoms with Crippen LogP contribution in [-0.4, -0.2) is 47.8 Å². The van der Waals surface area contributed by atoms with E-state index in [4.69, 9.17) is 9.47 Å². The lowest BCUT2D eigenvalue weighted by Gasteiger charge is -2.21. The van der Waals surface area contributed by atoms with Crippen molar-refractivity contribution in [2.45, 2.75) is 30.3 Å². The monoisotopic (exact) mass is 442 g/mol. The fraction of sp³-hybridized carbons (Fsp3) is 0.400. The van der Waals surface area contributed by atoms with Crippen molar-refractivity contribution >= 4 is 11.0 Å². The Balaban J connectivity index is 1.32. The lowest BCUT2D eigenvalue weighted by atomic mass is 10.2. The van der Waals surface area contributed by atoms with Gasteiger partial charge in [0.25, 0.3) is 0 Å². The molecule has 2 atom stereocenters. The third-order valence-corrected chi connectivity index (χ3v) is 6.04. The van der Waals surface area contributed by atoms with Gasteiger partial charge in [0.2, 0.25) is 0 Å². The smallest absolute Gasteiger partial charge is 0.486 e. The topological polar surface area (TPSA) is 60.0 Å². The molecule has 0 bridgehead atoms. The zero-order chi connectivity index (χ0) is 21.1. The van der Waals surface area contributed by atoms with Gasteiger partial charge < -0.3 is 14.2 Å². The summed E-state index contributed by atoms with van der Waals surface area (Å²) in [5.74, 6) is 1.11. The Labute approximate surface area is 174 Å². The van der Waals surface area contributed by atoms with Crippen LogP contribution in [-0.2, 0) is 17.5 Å². The van der Waals surface area contributed by atoms with Crippen LogP contribution in [0.5, 0.6) is 17.2 Å². The summed E-state index contributed by atoms with van der Waals surface area (Å²) in [5.41, 5.74) is 1.10. The summed E-state index contributed by atoms with van der Waals surface area (Å²) in [6, 6.07) is 11.1. The Bertz CT molecular complexity index is 925. The Kier molecular flexibility index (Phi) is 6.16. The number of likely N-dealkylation sites (tertiary alicyclic amines) is 1. The number of ether oxygens (including phenoxy) is 3. The van der Waals surface area contributed by atoms with Crippen molar-refractivity contribution in [2.24, 2.45) is 0 Å². The van der Waals surface area contributed by atoms with Gasteiger partial charge in [-0.1, -0.05) is 12.1 Å². The highest BCUT2D eigenvalue weighted by Gasteiger charge is 2.31. The molecule has 2 unspecified atom stereocenters. The van der Waals surface area contributed by atoms with Crippen molar-refractivity contribution < 1.29 is 31.6 Å². The average Bonchev–Trinajstić information content (AvgIpc) is 3.13. The second-order valence-corrected chi connectivity index (χ2v) is 8.35. The second kappa shape index (κ2) is 8.83. The van der Waals surface area contributed by atoms with E-state index in [2.05, 4.69) is 14.4 Å². The SMILES string of the molecule is O=S(NC1CCN(Cc2ccc3c(c2)OCCO3)C1)c1cccc(OC(F)(F)F)c1. The third kappa shape index (κ3) is 5.44. The lowest BCUT2D eigenvalue weighted by molar-refractivity contribution is -0.274. The summed E-state index contributed by atoms with van der Waals surface area (Å²) < 4.78 is 67.7. The number of nitrogens with zero attached hydrogens (tertiary/aromatic N) is 1. The van der Waals surface area contributed by atoms with E-state index in [1.807, 2.05) is 18.2 Å². The number of fused-ring (bicyclic) bond motifs is 1. The molecule has 4 rings (SSSR count). The van der Waals surface area contributed by atoms with Crippen LogP contribution in [0.15, 0.2) is 47.4 Å². The summed E-state index contributed by atoms with van der Waals surface area (Å²) in [4.78, 5) is 2.46. The van der Waals surface area contributed by atoms with E-state index >= 15 is 0 Å². The van der Waals surface area contributed by atoms with Gasteiger partial charge in [0, 0.05) is 25.7 Å². The molecule has 0 saturated carbocycles. The van der Waals surface area contributed by atoms with Crippen LogP contribution in [0.4, 0.5) is 13.2 Å². The van der Waals surface area contributed by atoms with Gasteiger partial charge in [-0.2, -0.15) is 0 Å². The molecule has 2 aromatic carbocycles. The largest absolute Gasteiger partial charge is 0.573 e. The molecule has 162 valence electrons. The number of halogens is 3. The minimum atomic E-state index is -4.78. The number of hydrogen-bond donors (Lipinski definition) is 1.